The lowest BCUT2D eigenvalue weighted by Crippen LogP contribution is -2.25. The molecule has 0 unspecified atom stereocenters. The van der Waals surface area contributed by atoms with Gasteiger partial charge in [-0.3, -0.25) is 9.48 Å². The first-order valence-corrected chi connectivity index (χ1v) is 15.4. The number of thiazole rings is 1. The Hall–Kier alpha value is -4.31. The number of nitrogens with zero attached hydrogens (tertiary/aromatic N) is 4. The molecule has 0 bridgehead atoms. The normalized spacial score (nSPS) is 12.7. The molecule has 44 heavy (non-hydrogen) atoms. The zero-order valence-corrected chi connectivity index (χ0v) is 26.6. The fourth-order valence-electron chi connectivity index (χ4n) is 5.54. The van der Waals surface area contributed by atoms with Gasteiger partial charge >= 0.3 is 5.97 Å². The third kappa shape index (κ3) is 5.78. The van der Waals surface area contributed by atoms with Crippen molar-refractivity contribution in [3.8, 4) is 33.1 Å². The predicted octanol–water partition coefficient (Wildman–Crippen LogP) is 8.45. The number of pyridine rings is 1. The third-order valence-corrected chi connectivity index (χ3v) is 8.76. The number of aryl methyl sites for hydroxylation is 2. The van der Waals surface area contributed by atoms with Crippen molar-refractivity contribution in [2.75, 3.05) is 5.73 Å². The van der Waals surface area contributed by atoms with Crippen molar-refractivity contribution in [3.63, 3.8) is 0 Å². The summed E-state index contributed by atoms with van der Waals surface area (Å²) in [6.45, 7) is 7.75. The Bertz CT molecular complexity index is 2040. The van der Waals surface area contributed by atoms with Crippen molar-refractivity contribution >= 4 is 55.7 Å². The summed E-state index contributed by atoms with van der Waals surface area (Å²) in [6, 6.07) is 19.4. The van der Waals surface area contributed by atoms with Gasteiger partial charge in [0.25, 0.3) is 0 Å². The number of carboxylic acids is 1. The molecule has 0 amide bonds. The van der Waals surface area contributed by atoms with Gasteiger partial charge in [-0.2, -0.15) is 5.10 Å². The van der Waals surface area contributed by atoms with Gasteiger partial charge < -0.3 is 15.6 Å². The first-order valence-electron chi connectivity index (χ1n) is 14.2. The highest BCUT2D eigenvalue weighted by Crippen LogP contribution is 2.45. The number of anilines is 1. The first kappa shape index (κ1) is 29.7. The Morgan fingerprint density at radius 3 is 2.50 bits per heavy atom. The SMILES string of the molecule is Cc1cc2nc(-c3nc(-c4ccc5c(cnn5C)c4)ccc3N)sc2c(-c2ccc(Cl)cc2)c1[C@@H](CC(=O)O)OC(C)(C)C. The molecule has 224 valence electrons. The van der Waals surface area contributed by atoms with Crippen LogP contribution in [0.25, 0.3) is 54.2 Å². The topological polar surface area (TPSA) is 116 Å². The number of hydrogen-bond acceptors (Lipinski definition) is 7. The second kappa shape index (κ2) is 11.3. The lowest BCUT2D eigenvalue weighted by atomic mass is 9.90. The average molecular weight is 626 g/mol. The van der Waals surface area contributed by atoms with Gasteiger partial charge in [-0.25, -0.2) is 9.97 Å². The molecule has 0 fully saturated rings. The molecule has 6 aromatic rings. The van der Waals surface area contributed by atoms with Crippen molar-refractivity contribution < 1.29 is 14.6 Å². The van der Waals surface area contributed by atoms with Crippen LogP contribution in [0.2, 0.25) is 5.02 Å². The predicted molar refractivity (Wildman–Crippen MR) is 178 cm³/mol. The molecule has 3 N–H and O–H groups in total. The maximum atomic E-state index is 12.1. The van der Waals surface area contributed by atoms with Crippen LogP contribution in [-0.2, 0) is 16.6 Å². The minimum absolute atomic E-state index is 0.187. The molecule has 3 heterocycles. The van der Waals surface area contributed by atoms with Gasteiger partial charge in [-0.15, -0.1) is 11.3 Å². The van der Waals surface area contributed by atoms with Crippen LogP contribution in [0.1, 0.15) is 44.4 Å². The van der Waals surface area contributed by atoms with E-state index in [2.05, 4.69) is 11.2 Å². The Morgan fingerprint density at radius 2 is 1.80 bits per heavy atom. The molecule has 0 saturated carbocycles. The number of rotatable bonds is 7. The fourth-order valence-corrected chi connectivity index (χ4v) is 6.81. The second-order valence-electron chi connectivity index (χ2n) is 11.8. The van der Waals surface area contributed by atoms with Crippen LogP contribution in [0.4, 0.5) is 5.69 Å². The average Bonchev–Trinajstić information content (AvgIpc) is 3.54. The van der Waals surface area contributed by atoms with Crippen molar-refractivity contribution in [1.29, 1.82) is 0 Å². The van der Waals surface area contributed by atoms with E-state index < -0.39 is 17.7 Å². The maximum Gasteiger partial charge on any atom is 0.306 e. The summed E-state index contributed by atoms with van der Waals surface area (Å²) in [4.78, 5) is 22.0. The smallest absolute Gasteiger partial charge is 0.306 e. The number of ether oxygens (including phenoxy) is 1. The number of halogens is 1. The number of benzene rings is 3. The molecule has 6 rings (SSSR count). The quantitative estimate of drug-likeness (QED) is 0.183. The number of carbonyl (C=O) groups is 1. The van der Waals surface area contributed by atoms with Gasteiger partial charge in [0.1, 0.15) is 10.7 Å². The van der Waals surface area contributed by atoms with Gasteiger partial charge in [0.15, 0.2) is 0 Å². The molecule has 0 saturated heterocycles. The van der Waals surface area contributed by atoms with Crippen LogP contribution < -0.4 is 5.73 Å². The Kier molecular flexibility index (Phi) is 7.65. The Labute approximate surface area is 264 Å². The molecular formula is C34H32ClN5O3S. The first-order chi connectivity index (χ1) is 20.9. The molecule has 0 aliphatic heterocycles. The molecule has 0 aliphatic rings. The largest absolute Gasteiger partial charge is 0.481 e. The van der Waals surface area contributed by atoms with Crippen LogP contribution in [0.5, 0.6) is 0 Å². The molecule has 10 heteroatoms. The number of aromatic nitrogens is 4. The summed E-state index contributed by atoms with van der Waals surface area (Å²) >= 11 is 7.74. The van der Waals surface area contributed by atoms with Crippen molar-refractivity contribution in [3.05, 3.63) is 83.0 Å². The standard InChI is InChI=1S/C34H32ClN5O3S/c1-18-14-25-32(30(19-6-9-22(35)10-7-19)29(18)27(16-28(41)42)43-34(2,3)4)44-33(39-25)31-23(36)11-12-24(38-31)20-8-13-26-21(15-20)17-37-40(26)5/h6-15,17,27H,16,36H2,1-5H3,(H,41,42)/t27-/m1/s1. The summed E-state index contributed by atoms with van der Waals surface area (Å²) in [5, 5.41) is 16.5. The van der Waals surface area contributed by atoms with Crippen LogP contribution in [0.3, 0.4) is 0 Å². The highest BCUT2D eigenvalue weighted by molar-refractivity contribution is 7.22. The van der Waals surface area contributed by atoms with Crippen LogP contribution in [0, 0.1) is 6.92 Å². The summed E-state index contributed by atoms with van der Waals surface area (Å²) in [6.07, 6.45) is 0.958. The number of hydrogen-bond donors (Lipinski definition) is 2. The lowest BCUT2D eigenvalue weighted by molar-refractivity contribution is -0.143. The van der Waals surface area contributed by atoms with E-state index in [1.807, 2.05) is 100 Å². The van der Waals surface area contributed by atoms with E-state index in [9.17, 15) is 9.90 Å². The molecule has 0 aliphatic carbocycles. The number of fused-ring (bicyclic) bond motifs is 2. The number of carboxylic acid groups (broad SMARTS) is 1. The van der Waals surface area contributed by atoms with Crippen molar-refractivity contribution in [2.45, 2.75) is 45.8 Å². The molecule has 3 aromatic heterocycles. The summed E-state index contributed by atoms with van der Waals surface area (Å²) in [5.74, 6) is -0.941. The minimum atomic E-state index is -0.941. The number of aliphatic carboxylic acids is 1. The second-order valence-corrected chi connectivity index (χ2v) is 13.3. The summed E-state index contributed by atoms with van der Waals surface area (Å²) in [5.41, 5.74) is 14.0. The maximum absolute atomic E-state index is 12.1. The molecule has 8 nitrogen and oxygen atoms in total. The van der Waals surface area contributed by atoms with Crippen LogP contribution in [0.15, 0.2) is 66.9 Å². The fraction of sp³-hybridized carbons (Fsp3) is 0.235. The lowest BCUT2D eigenvalue weighted by Gasteiger charge is -2.30. The Morgan fingerprint density at radius 1 is 1.07 bits per heavy atom. The zero-order chi connectivity index (χ0) is 31.3. The van der Waals surface area contributed by atoms with E-state index >= 15 is 0 Å². The third-order valence-electron chi connectivity index (χ3n) is 7.41. The van der Waals surface area contributed by atoms with Crippen LogP contribution in [-0.4, -0.2) is 36.4 Å². The summed E-state index contributed by atoms with van der Waals surface area (Å²) in [7, 11) is 1.92. The van der Waals surface area contributed by atoms with E-state index in [-0.39, 0.29) is 6.42 Å². The Balaban J connectivity index is 1.55. The number of nitrogen functional groups attached to an aromatic ring is 1. The van der Waals surface area contributed by atoms with Crippen molar-refractivity contribution in [1.82, 2.24) is 19.7 Å². The van der Waals surface area contributed by atoms with Gasteiger partial charge in [-0.1, -0.05) is 29.8 Å². The van der Waals surface area contributed by atoms with Gasteiger partial charge in [0, 0.05) is 28.6 Å². The highest BCUT2D eigenvalue weighted by Gasteiger charge is 2.29. The van der Waals surface area contributed by atoms with E-state index in [0.717, 1.165) is 54.6 Å². The summed E-state index contributed by atoms with van der Waals surface area (Å²) < 4.78 is 9.12. The number of nitrogens with two attached hydrogens (primary N) is 1. The van der Waals surface area contributed by atoms with E-state index in [1.54, 1.807) is 0 Å². The highest BCUT2D eigenvalue weighted by atomic mass is 35.5. The van der Waals surface area contributed by atoms with Crippen molar-refractivity contribution in [2.24, 2.45) is 7.05 Å². The van der Waals surface area contributed by atoms with Crippen LogP contribution >= 0.6 is 22.9 Å². The van der Waals surface area contributed by atoms with E-state index in [4.69, 9.17) is 32.0 Å². The molecule has 0 radical (unpaired) electrons. The van der Waals surface area contributed by atoms with Gasteiger partial charge in [0.2, 0.25) is 0 Å². The molecule has 1 atom stereocenters. The molecular weight excluding hydrogens is 594 g/mol. The van der Waals surface area contributed by atoms with Gasteiger partial charge in [0.05, 0.1) is 51.4 Å². The van der Waals surface area contributed by atoms with Gasteiger partial charge in [-0.05, 0) is 86.8 Å². The molecule has 0 spiro atoms. The monoisotopic (exact) mass is 625 g/mol. The molecule has 3 aromatic carbocycles. The van der Waals surface area contributed by atoms with E-state index in [0.29, 0.717) is 21.4 Å². The zero-order valence-electron chi connectivity index (χ0n) is 25.1. The van der Waals surface area contributed by atoms with E-state index in [1.165, 1.54) is 11.3 Å². The minimum Gasteiger partial charge on any atom is -0.481 e.